The molecule has 0 amide bonds. The molecular weight excluding hydrogens is 148 g/mol. The van der Waals surface area contributed by atoms with Crippen LogP contribution >= 0.6 is 0 Å². The summed E-state index contributed by atoms with van der Waals surface area (Å²) in [5, 5.41) is 0. The molecule has 70 valence electrons. The van der Waals surface area contributed by atoms with E-state index >= 15 is 0 Å². The van der Waals surface area contributed by atoms with Crippen molar-refractivity contribution in [2.75, 3.05) is 0 Å². The Morgan fingerprint density at radius 3 is 2.08 bits per heavy atom. The maximum atomic E-state index is 5.83. The van der Waals surface area contributed by atoms with Gasteiger partial charge in [0, 0.05) is 0 Å². The fraction of sp³-hybridized carbons (Fsp3) is 0.818. The Hall–Kier alpha value is -0.460. The second kappa shape index (κ2) is 4.54. The molecule has 1 fully saturated rings. The van der Waals surface area contributed by atoms with Crippen LogP contribution in [0.4, 0.5) is 0 Å². The first-order valence-corrected chi connectivity index (χ1v) is 5.01. The van der Waals surface area contributed by atoms with Crippen molar-refractivity contribution < 1.29 is 4.74 Å². The van der Waals surface area contributed by atoms with E-state index in [1.54, 1.807) is 0 Å². The largest absolute Gasteiger partial charge is 0.495 e. The topological polar surface area (TPSA) is 9.23 Å². The van der Waals surface area contributed by atoms with Crippen molar-refractivity contribution in [3.8, 4) is 0 Å². The zero-order valence-electron chi connectivity index (χ0n) is 8.52. The van der Waals surface area contributed by atoms with Crippen LogP contribution in [0.3, 0.4) is 0 Å². The monoisotopic (exact) mass is 168 g/mol. The third kappa shape index (κ3) is 2.88. The lowest BCUT2D eigenvalue weighted by Gasteiger charge is -2.23. The van der Waals surface area contributed by atoms with Gasteiger partial charge in [0.1, 0.15) is 0 Å². The highest BCUT2D eigenvalue weighted by Gasteiger charge is 2.14. The molecule has 1 saturated carbocycles. The summed E-state index contributed by atoms with van der Waals surface area (Å²) in [4.78, 5) is 0. The van der Waals surface area contributed by atoms with Gasteiger partial charge in [0.15, 0.2) is 0 Å². The summed E-state index contributed by atoms with van der Waals surface area (Å²) in [6.07, 6.45) is 7.11. The summed E-state index contributed by atoms with van der Waals surface area (Å²) < 4.78 is 5.83. The summed E-state index contributed by atoms with van der Waals surface area (Å²) in [5.41, 5.74) is 1.31. The Morgan fingerprint density at radius 1 is 1.00 bits per heavy atom. The van der Waals surface area contributed by atoms with Crippen LogP contribution in [-0.4, -0.2) is 6.10 Å². The number of hydrogen-bond donors (Lipinski definition) is 0. The Labute approximate surface area is 75.8 Å². The Kier molecular flexibility index (Phi) is 3.64. The summed E-state index contributed by atoms with van der Waals surface area (Å²) in [7, 11) is 0. The maximum absolute atomic E-state index is 5.83. The highest BCUT2D eigenvalue weighted by molar-refractivity contribution is 4.99. The lowest BCUT2D eigenvalue weighted by atomic mass is 9.98. The molecule has 0 aromatic carbocycles. The van der Waals surface area contributed by atoms with Crippen molar-refractivity contribution in [1.82, 2.24) is 0 Å². The van der Waals surface area contributed by atoms with Gasteiger partial charge in [0.25, 0.3) is 0 Å². The fourth-order valence-corrected chi connectivity index (χ4v) is 1.55. The summed E-state index contributed by atoms with van der Waals surface area (Å²) >= 11 is 0. The standard InChI is InChI=1S/C11H20O/c1-9(2)10(3)12-11-7-5-4-6-8-11/h11H,4-8H2,1-3H3. The molecule has 0 spiro atoms. The van der Waals surface area contributed by atoms with Crippen LogP contribution in [0, 0.1) is 0 Å². The smallest absolute Gasteiger partial charge is 0.0982 e. The van der Waals surface area contributed by atoms with Gasteiger partial charge in [-0.2, -0.15) is 0 Å². The van der Waals surface area contributed by atoms with Crippen LogP contribution in [0.15, 0.2) is 11.3 Å². The first kappa shape index (κ1) is 9.63. The van der Waals surface area contributed by atoms with Gasteiger partial charge in [-0.15, -0.1) is 0 Å². The molecule has 1 aliphatic rings. The minimum Gasteiger partial charge on any atom is -0.495 e. The SMILES string of the molecule is CC(C)=C(C)OC1CCCCC1. The zero-order valence-corrected chi connectivity index (χ0v) is 8.52. The summed E-state index contributed by atoms with van der Waals surface area (Å²) in [6, 6.07) is 0. The van der Waals surface area contributed by atoms with Gasteiger partial charge in [0.05, 0.1) is 11.9 Å². The average molecular weight is 168 g/mol. The van der Waals surface area contributed by atoms with Crippen molar-refractivity contribution in [2.45, 2.75) is 59.0 Å². The van der Waals surface area contributed by atoms with E-state index in [2.05, 4.69) is 20.8 Å². The van der Waals surface area contributed by atoms with E-state index in [0.717, 1.165) is 5.76 Å². The molecule has 1 heteroatoms. The predicted molar refractivity (Wildman–Crippen MR) is 52.0 cm³/mol. The maximum Gasteiger partial charge on any atom is 0.0982 e. The van der Waals surface area contributed by atoms with Gasteiger partial charge in [-0.3, -0.25) is 0 Å². The van der Waals surface area contributed by atoms with Gasteiger partial charge >= 0.3 is 0 Å². The second-order valence-electron chi connectivity index (χ2n) is 3.93. The first-order valence-electron chi connectivity index (χ1n) is 5.01. The van der Waals surface area contributed by atoms with E-state index in [0.29, 0.717) is 6.10 Å². The normalized spacial score (nSPS) is 18.9. The Balaban J connectivity index is 2.34. The van der Waals surface area contributed by atoms with Crippen molar-refractivity contribution in [3.05, 3.63) is 11.3 Å². The van der Waals surface area contributed by atoms with Crippen molar-refractivity contribution in [1.29, 1.82) is 0 Å². The minimum atomic E-state index is 0.508. The van der Waals surface area contributed by atoms with Gasteiger partial charge in [-0.1, -0.05) is 6.42 Å². The third-order valence-electron chi connectivity index (χ3n) is 2.60. The zero-order chi connectivity index (χ0) is 8.97. The minimum absolute atomic E-state index is 0.508. The van der Waals surface area contributed by atoms with Crippen molar-refractivity contribution in [3.63, 3.8) is 0 Å². The number of allylic oxidation sites excluding steroid dienone is 2. The van der Waals surface area contributed by atoms with Gasteiger partial charge in [0.2, 0.25) is 0 Å². The molecule has 1 aliphatic carbocycles. The summed E-state index contributed by atoms with van der Waals surface area (Å²) in [5.74, 6) is 1.13. The molecule has 0 bridgehead atoms. The molecule has 0 unspecified atom stereocenters. The molecule has 12 heavy (non-hydrogen) atoms. The molecule has 0 saturated heterocycles. The Bertz CT molecular complexity index is 160. The number of hydrogen-bond acceptors (Lipinski definition) is 1. The molecule has 0 radical (unpaired) electrons. The molecule has 0 aromatic rings. The highest BCUT2D eigenvalue weighted by atomic mass is 16.5. The van der Waals surface area contributed by atoms with Gasteiger partial charge in [-0.05, 0) is 52.0 Å². The molecule has 0 N–H and O–H groups in total. The van der Waals surface area contributed by atoms with Gasteiger partial charge in [-0.25, -0.2) is 0 Å². The molecular formula is C11H20O. The van der Waals surface area contributed by atoms with Crippen LogP contribution in [0.1, 0.15) is 52.9 Å². The fourth-order valence-electron chi connectivity index (χ4n) is 1.55. The Morgan fingerprint density at radius 2 is 1.58 bits per heavy atom. The van der Waals surface area contributed by atoms with Crippen LogP contribution in [0.25, 0.3) is 0 Å². The van der Waals surface area contributed by atoms with Gasteiger partial charge < -0.3 is 4.74 Å². The van der Waals surface area contributed by atoms with Crippen LogP contribution < -0.4 is 0 Å². The lowest BCUT2D eigenvalue weighted by molar-refractivity contribution is 0.0817. The molecule has 0 aliphatic heterocycles. The average Bonchev–Trinajstić information content (AvgIpc) is 2.06. The number of rotatable bonds is 2. The van der Waals surface area contributed by atoms with Crippen LogP contribution in [0.5, 0.6) is 0 Å². The van der Waals surface area contributed by atoms with E-state index in [9.17, 15) is 0 Å². The van der Waals surface area contributed by atoms with E-state index in [-0.39, 0.29) is 0 Å². The van der Waals surface area contributed by atoms with Crippen LogP contribution in [0.2, 0.25) is 0 Å². The highest BCUT2D eigenvalue weighted by Crippen LogP contribution is 2.22. The molecule has 0 heterocycles. The molecule has 0 aromatic heterocycles. The predicted octanol–water partition coefficient (Wildman–Crippen LogP) is 3.65. The number of ether oxygens (including phenoxy) is 1. The van der Waals surface area contributed by atoms with E-state index in [1.807, 2.05) is 0 Å². The van der Waals surface area contributed by atoms with Crippen LogP contribution in [-0.2, 0) is 4.74 Å². The van der Waals surface area contributed by atoms with E-state index in [1.165, 1.54) is 37.7 Å². The lowest BCUT2D eigenvalue weighted by Crippen LogP contribution is -2.15. The first-order chi connectivity index (χ1) is 5.70. The second-order valence-corrected chi connectivity index (χ2v) is 3.93. The molecule has 1 nitrogen and oxygen atoms in total. The molecule has 0 atom stereocenters. The van der Waals surface area contributed by atoms with E-state index < -0.39 is 0 Å². The van der Waals surface area contributed by atoms with Crippen molar-refractivity contribution >= 4 is 0 Å². The van der Waals surface area contributed by atoms with E-state index in [4.69, 9.17) is 4.74 Å². The van der Waals surface area contributed by atoms with Crippen molar-refractivity contribution in [2.24, 2.45) is 0 Å². The quantitative estimate of drug-likeness (QED) is 0.572. The third-order valence-corrected chi connectivity index (χ3v) is 2.60. The molecule has 1 rings (SSSR count). The summed E-state index contributed by atoms with van der Waals surface area (Å²) in [6.45, 7) is 6.29.